The molecule has 0 radical (unpaired) electrons. The van der Waals surface area contributed by atoms with Crippen molar-refractivity contribution in [1.29, 1.82) is 0 Å². The second kappa shape index (κ2) is 8.96. The minimum atomic E-state index is -0.288. The number of nitrogens with zero attached hydrogens (tertiary/aromatic N) is 1. The van der Waals surface area contributed by atoms with Crippen molar-refractivity contribution in [3.8, 4) is 11.1 Å². The molecule has 2 nitrogen and oxygen atoms in total. The quantitative estimate of drug-likeness (QED) is 0.180. The Morgan fingerprint density at radius 3 is 1.92 bits per heavy atom. The maximum Gasteiger partial charge on any atom is 0.181 e. The molecule has 0 aromatic heterocycles. The van der Waals surface area contributed by atoms with Crippen LogP contribution in [0.2, 0.25) is 0 Å². The molecule has 2 aliphatic rings. The highest BCUT2D eigenvalue weighted by Gasteiger charge is 2.43. The molecule has 1 aliphatic carbocycles. The van der Waals surface area contributed by atoms with Gasteiger partial charge >= 0.3 is 0 Å². The van der Waals surface area contributed by atoms with Gasteiger partial charge in [-0.25, -0.2) is 0 Å². The summed E-state index contributed by atoms with van der Waals surface area (Å²) in [4.78, 5) is 14.9. The van der Waals surface area contributed by atoms with Crippen LogP contribution in [0.25, 0.3) is 32.7 Å². The Morgan fingerprint density at radius 1 is 0.667 bits per heavy atom. The predicted octanol–water partition coefficient (Wildman–Crippen LogP) is 9.43. The number of anilines is 2. The van der Waals surface area contributed by atoms with Gasteiger partial charge in [0.2, 0.25) is 0 Å². The molecule has 5 aromatic carbocycles. The van der Waals surface area contributed by atoms with E-state index in [0.29, 0.717) is 6.42 Å². The molecule has 39 heavy (non-hydrogen) atoms. The number of benzene rings is 5. The third kappa shape index (κ3) is 3.67. The summed E-state index contributed by atoms with van der Waals surface area (Å²) >= 11 is 0. The number of carbonyl (C=O) groups is 1. The largest absolute Gasteiger partial charge is 0.312 e. The molecule has 188 valence electrons. The first-order valence-electron chi connectivity index (χ1n) is 13.6. The number of fused-ring (bicyclic) bond motifs is 6. The van der Waals surface area contributed by atoms with Gasteiger partial charge in [-0.3, -0.25) is 4.79 Å². The van der Waals surface area contributed by atoms with Crippen LogP contribution in [0.15, 0.2) is 139 Å². The Hall–Kier alpha value is -4.69. The van der Waals surface area contributed by atoms with Crippen LogP contribution in [0, 0.1) is 0 Å². The van der Waals surface area contributed by atoms with Gasteiger partial charge in [0.25, 0.3) is 0 Å². The highest BCUT2D eigenvalue weighted by atomic mass is 16.1. The topological polar surface area (TPSA) is 20.3 Å². The average Bonchev–Trinajstić information content (AvgIpc) is 3.49. The summed E-state index contributed by atoms with van der Waals surface area (Å²) in [6.07, 6.45) is 8.52. The highest BCUT2D eigenvalue weighted by Crippen LogP contribution is 2.56. The zero-order valence-electron chi connectivity index (χ0n) is 22.2. The van der Waals surface area contributed by atoms with E-state index < -0.39 is 0 Å². The second-order valence-corrected chi connectivity index (χ2v) is 10.9. The van der Waals surface area contributed by atoms with E-state index in [1.54, 1.807) is 6.08 Å². The third-order valence-corrected chi connectivity index (χ3v) is 8.23. The van der Waals surface area contributed by atoms with E-state index in [4.69, 9.17) is 0 Å². The van der Waals surface area contributed by atoms with Crippen molar-refractivity contribution in [2.75, 3.05) is 4.90 Å². The molecule has 0 saturated heterocycles. The number of carbonyl (C=O) groups excluding carboxylic acids is 1. The first kappa shape index (κ1) is 23.4. The van der Waals surface area contributed by atoms with Crippen LogP contribution in [0.3, 0.4) is 0 Å². The van der Waals surface area contributed by atoms with E-state index in [1.807, 2.05) is 18.2 Å². The molecule has 0 atom stereocenters. The van der Waals surface area contributed by atoms with Crippen LogP contribution in [-0.2, 0) is 10.2 Å². The summed E-state index contributed by atoms with van der Waals surface area (Å²) < 4.78 is 0. The Kier molecular flexibility index (Phi) is 5.38. The van der Waals surface area contributed by atoms with Crippen molar-refractivity contribution in [1.82, 2.24) is 0 Å². The van der Waals surface area contributed by atoms with Crippen LogP contribution < -0.4 is 4.90 Å². The maximum absolute atomic E-state index is 12.4. The lowest BCUT2D eigenvalue weighted by molar-refractivity contribution is -0.111. The van der Waals surface area contributed by atoms with Crippen LogP contribution in [-0.4, -0.2) is 5.78 Å². The molecule has 0 bridgehead atoms. The zero-order chi connectivity index (χ0) is 26.6. The second-order valence-electron chi connectivity index (χ2n) is 10.9. The zero-order valence-corrected chi connectivity index (χ0v) is 22.2. The fourth-order valence-electron chi connectivity index (χ4n) is 6.33. The van der Waals surface area contributed by atoms with Crippen molar-refractivity contribution in [2.24, 2.45) is 0 Å². The van der Waals surface area contributed by atoms with Crippen molar-refractivity contribution in [2.45, 2.75) is 25.7 Å². The highest BCUT2D eigenvalue weighted by molar-refractivity contribution is 6.18. The van der Waals surface area contributed by atoms with E-state index in [-0.39, 0.29) is 11.2 Å². The third-order valence-electron chi connectivity index (χ3n) is 8.23. The molecular weight excluding hydrogens is 474 g/mol. The molecule has 0 fully saturated rings. The normalized spacial score (nSPS) is 18.1. The molecular formula is C37H29NO. The Bertz CT molecular complexity index is 1850. The van der Waals surface area contributed by atoms with Crippen molar-refractivity contribution < 1.29 is 4.79 Å². The average molecular weight is 504 g/mol. The van der Waals surface area contributed by atoms with E-state index in [2.05, 4.69) is 122 Å². The molecule has 0 spiro atoms. The molecule has 5 aromatic rings. The summed E-state index contributed by atoms with van der Waals surface area (Å²) in [6.45, 7) is 4.62. The van der Waals surface area contributed by atoms with Gasteiger partial charge in [-0.1, -0.05) is 117 Å². The standard InChI is InChI=1S/C37H29NO/c1-37(2)34(24-21-27-13-10-18-33(27)39)38(28-22-19-26(20-23-28)25-11-4-3-5-12-25)36-32-17-9-7-15-30(32)29-14-6-8-16-31(29)35(36)37/h3-12,14-24H,13H2,1-2H3/b27-21+,34-24+. The molecule has 7 rings (SSSR count). The first-order valence-corrected chi connectivity index (χ1v) is 13.6. The molecule has 0 amide bonds. The number of allylic oxidation sites excluding steroid dienone is 6. The van der Waals surface area contributed by atoms with Crippen molar-refractivity contribution in [3.05, 3.63) is 144 Å². The number of hydrogen-bond donors (Lipinski definition) is 0. The van der Waals surface area contributed by atoms with Crippen LogP contribution in [0.5, 0.6) is 0 Å². The van der Waals surface area contributed by atoms with E-state index >= 15 is 0 Å². The molecule has 1 aliphatic heterocycles. The maximum atomic E-state index is 12.4. The van der Waals surface area contributed by atoms with Crippen molar-refractivity contribution in [3.63, 3.8) is 0 Å². The Balaban J connectivity index is 1.51. The predicted molar refractivity (Wildman–Crippen MR) is 163 cm³/mol. The number of rotatable bonds is 3. The monoisotopic (exact) mass is 503 g/mol. The van der Waals surface area contributed by atoms with Gasteiger partial charge in [-0.05, 0) is 63.6 Å². The lowest BCUT2D eigenvalue weighted by Crippen LogP contribution is -2.22. The van der Waals surface area contributed by atoms with E-state index in [9.17, 15) is 4.79 Å². The lowest BCUT2D eigenvalue weighted by atomic mass is 9.79. The summed E-state index contributed by atoms with van der Waals surface area (Å²) in [7, 11) is 0. The van der Waals surface area contributed by atoms with Gasteiger partial charge in [-0.15, -0.1) is 0 Å². The van der Waals surface area contributed by atoms with Gasteiger partial charge in [0.1, 0.15) is 0 Å². The van der Waals surface area contributed by atoms with Gasteiger partial charge in [-0.2, -0.15) is 0 Å². The van der Waals surface area contributed by atoms with E-state index in [1.165, 1.54) is 49.6 Å². The Morgan fingerprint density at radius 2 is 1.26 bits per heavy atom. The molecule has 0 saturated carbocycles. The summed E-state index contributed by atoms with van der Waals surface area (Å²) in [5, 5.41) is 5.04. The van der Waals surface area contributed by atoms with Gasteiger partial charge in [0.15, 0.2) is 5.78 Å². The van der Waals surface area contributed by atoms with E-state index in [0.717, 1.165) is 11.3 Å². The van der Waals surface area contributed by atoms with Crippen LogP contribution in [0.4, 0.5) is 11.4 Å². The summed E-state index contributed by atoms with van der Waals surface area (Å²) in [6, 6.07) is 36.8. The fourth-order valence-corrected chi connectivity index (χ4v) is 6.33. The van der Waals surface area contributed by atoms with Gasteiger partial charge in [0, 0.05) is 27.8 Å². The molecule has 0 unspecified atom stereocenters. The summed E-state index contributed by atoms with van der Waals surface area (Å²) in [5.74, 6) is 0.106. The number of ketones is 1. The summed E-state index contributed by atoms with van der Waals surface area (Å²) in [5.41, 5.74) is 7.77. The molecule has 0 N–H and O–H groups in total. The molecule has 1 heterocycles. The van der Waals surface area contributed by atoms with Crippen molar-refractivity contribution >= 4 is 38.7 Å². The minimum absolute atomic E-state index is 0.106. The minimum Gasteiger partial charge on any atom is -0.312 e. The van der Waals surface area contributed by atoms with Gasteiger partial charge < -0.3 is 4.90 Å². The smallest absolute Gasteiger partial charge is 0.181 e. The van der Waals surface area contributed by atoms with Crippen LogP contribution in [0.1, 0.15) is 25.8 Å². The number of hydrogen-bond acceptors (Lipinski definition) is 2. The lowest BCUT2D eigenvalue weighted by Gasteiger charge is -2.27. The first-order chi connectivity index (χ1) is 19.0. The van der Waals surface area contributed by atoms with Crippen LogP contribution >= 0.6 is 0 Å². The fraction of sp³-hybridized carbons (Fsp3) is 0.108. The molecule has 2 heteroatoms. The SMILES string of the molecule is CC1(C)/C(=C\C=C2/CC=CC2=O)N(c2ccc(-c3ccccc3)cc2)c2c1c1ccccc1c1ccccc21. The Labute approximate surface area is 229 Å². The van der Waals surface area contributed by atoms with Gasteiger partial charge in [0.05, 0.1) is 5.69 Å².